The van der Waals surface area contributed by atoms with Crippen molar-refractivity contribution in [3.63, 3.8) is 0 Å². The minimum absolute atomic E-state index is 0.158. The van der Waals surface area contributed by atoms with Crippen molar-refractivity contribution < 1.29 is 10.2 Å². The Balaban J connectivity index is 1.98. The number of nitrogens with one attached hydrogen (secondary N) is 1. The van der Waals surface area contributed by atoms with Crippen LogP contribution in [0.5, 0.6) is 11.5 Å². The van der Waals surface area contributed by atoms with Gasteiger partial charge in [0.05, 0.1) is 0 Å². The van der Waals surface area contributed by atoms with Gasteiger partial charge in [-0.15, -0.1) is 0 Å². The molecule has 3 heteroatoms. The van der Waals surface area contributed by atoms with E-state index in [0.29, 0.717) is 12.3 Å². The zero-order chi connectivity index (χ0) is 13.0. The molecule has 0 amide bonds. The molecule has 0 radical (unpaired) electrons. The summed E-state index contributed by atoms with van der Waals surface area (Å²) in [5.74, 6) is 0.578. The highest BCUT2D eigenvalue weighted by atomic mass is 16.3. The third-order valence-corrected chi connectivity index (χ3v) is 2.98. The van der Waals surface area contributed by atoms with Crippen molar-refractivity contribution in [1.29, 1.82) is 0 Å². The Morgan fingerprint density at radius 1 is 1.00 bits per heavy atom. The molecule has 2 aromatic carbocycles. The molecule has 0 aromatic heterocycles. The molecule has 3 N–H and O–H groups in total. The summed E-state index contributed by atoms with van der Waals surface area (Å²) >= 11 is 0. The van der Waals surface area contributed by atoms with E-state index < -0.39 is 0 Å². The number of hydrogen-bond donors (Lipinski definition) is 3. The van der Waals surface area contributed by atoms with Crippen molar-refractivity contribution in [3.05, 3.63) is 59.7 Å². The summed E-state index contributed by atoms with van der Waals surface area (Å²) in [6.07, 6.45) is 0. The van der Waals surface area contributed by atoms with Crippen LogP contribution in [0.2, 0.25) is 0 Å². The van der Waals surface area contributed by atoms with Crippen LogP contribution in [0.3, 0.4) is 0 Å². The largest absolute Gasteiger partial charge is 0.508 e. The molecule has 18 heavy (non-hydrogen) atoms. The van der Waals surface area contributed by atoms with Crippen LogP contribution in [-0.2, 0) is 6.54 Å². The summed E-state index contributed by atoms with van der Waals surface area (Å²) in [6, 6.07) is 14.6. The Bertz CT molecular complexity index is 508. The number of aromatic hydroxyl groups is 2. The number of phenolic OH excluding ortho intramolecular Hbond substituents is 2. The minimum Gasteiger partial charge on any atom is -0.508 e. The van der Waals surface area contributed by atoms with E-state index >= 15 is 0 Å². The molecule has 3 nitrogen and oxygen atoms in total. The maximum absolute atomic E-state index is 9.66. The Morgan fingerprint density at radius 2 is 1.67 bits per heavy atom. The first-order valence-corrected chi connectivity index (χ1v) is 5.96. The lowest BCUT2D eigenvalue weighted by molar-refractivity contribution is 0.460. The minimum atomic E-state index is 0.158. The van der Waals surface area contributed by atoms with Gasteiger partial charge in [0.15, 0.2) is 0 Å². The Kier molecular flexibility index (Phi) is 3.85. The molecule has 0 saturated heterocycles. The van der Waals surface area contributed by atoms with Crippen LogP contribution in [0, 0.1) is 0 Å². The van der Waals surface area contributed by atoms with Gasteiger partial charge in [-0.05, 0) is 30.7 Å². The average molecular weight is 243 g/mol. The van der Waals surface area contributed by atoms with E-state index in [-0.39, 0.29) is 11.8 Å². The Labute approximate surface area is 107 Å². The van der Waals surface area contributed by atoms with Crippen LogP contribution in [0.1, 0.15) is 24.1 Å². The van der Waals surface area contributed by atoms with E-state index in [4.69, 9.17) is 0 Å². The molecule has 0 fully saturated rings. The van der Waals surface area contributed by atoms with Gasteiger partial charge in [-0.3, -0.25) is 0 Å². The SMILES string of the molecule is CC(NCc1ccccc1O)c1ccc(O)cc1. The highest BCUT2D eigenvalue weighted by Crippen LogP contribution is 2.19. The van der Waals surface area contributed by atoms with Gasteiger partial charge in [-0.25, -0.2) is 0 Å². The zero-order valence-electron chi connectivity index (χ0n) is 10.3. The molecular weight excluding hydrogens is 226 g/mol. The van der Waals surface area contributed by atoms with Gasteiger partial charge in [-0.1, -0.05) is 30.3 Å². The molecular formula is C15H17NO2. The van der Waals surface area contributed by atoms with E-state index in [9.17, 15) is 10.2 Å². The first-order valence-electron chi connectivity index (χ1n) is 5.96. The standard InChI is InChI=1S/C15H17NO2/c1-11(12-6-8-14(17)9-7-12)16-10-13-4-2-3-5-15(13)18/h2-9,11,16-18H,10H2,1H3. The molecule has 0 spiro atoms. The van der Waals surface area contributed by atoms with Crippen LogP contribution in [0.15, 0.2) is 48.5 Å². The Hall–Kier alpha value is -2.00. The van der Waals surface area contributed by atoms with E-state index in [0.717, 1.165) is 11.1 Å². The molecule has 0 aliphatic rings. The van der Waals surface area contributed by atoms with E-state index in [1.807, 2.05) is 37.3 Å². The second-order valence-electron chi connectivity index (χ2n) is 4.32. The van der Waals surface area contributed by atoms with Crippen LogP contribution in [0.4, 0.5) is 0 Å². The Morgan fingerprint density at radius 3 is 2.33 bits per heavy atom. The maximum atomic E-state index is 9.66. The van der Waals surface area contributed by atoms with Crippen molar-refractivity contribution >= 4 is 0 Å². The first-order chi connectivity index (χ1) is 8.66. The summed E-state index contributed by atoms with van der Waals surface area (Å²) in [5.41, 5.74) is 1.98. The molecule has 1 unspecified atom stereocenters. The number of para-hydroxylation sites is 1. The predicted molar refractivity (Wildman–Crippen MR) is 71.5 cm³/mol. The van der Waals surface area contributed by atoms with Crippen molar-refractivity contribution in [2.75, 3.05) is 0 Å². The van der Waals surface area contributed by atoms with Crippen molar-refractivity contribution in [2.45, 2.75) is 19.5 Å². The molecule has 0 aliphatic carbocycles. The summed E-state index contributed by atoms with van der Waals surface area (Å²) in [5, 5.41) is 22.2. The lowest BCUT2D eigenvalue weighted by Gasteiger charge is -2.15. The summed E-state index contributed by atoms with van der Waals surface area (Å²) in [6.45, 7) is 2.65. The van der Waals surface area contributed by atoms with Crippen molar-refractivity contribution in [2.24, 2.45) is 0 Å². The second-order valence-corrected chi connectivity index (χ2v) is 4.32. The third kappa shape index (κ3) is 3.02. The summed E-state index contributed by atoms with van der Waals surface area (Å²) in [7, 11) is 0. The van der Waals surface area contributed by atoms with Crippen molar-refractivity contribution in [1.82, 2.24) is 5.32 Å². The van der Waals surface area contributed by atoms with Crippen LogP contribution >= 0.6 is 0 Å². The van der Waals surface area contributed by atoms with Gasteiger partial charge in [0, 0.05) is 18.2 Å². The highest BCUT2D eigenvalue weighted by molar-refractivity contribution is 5.32. The average Bonchev–Trinajstić information content (AvgIpc) is 2.38. The van der Waals surface area contributed by atoms with Crippen LogP contribution in [0.25, 0.3) is 0 Å². The van der Waals surface area contributed by atoms with Crippen LogP contribution in [-0.4, -0.2) is 10.2 Å². The lowest BCUT2D eigenvalue weighted by atomic mass is 10.1. The molecule has 0 heterocycles. The molecule has 0 saturated carbocycles. The molecule has 1 atom stereocenters. The topological polar surface area (TPSA) is 52.5 Å². The number of benzene rings is 2. The predicted octanol–water partition coefficient (Wildman–Crippen LogP) is 2.95. The molecule has 2 rings (SSSR count). The molecule has 0 aliphatic heterocycles. The van der Waals surface area contributed by atoms with Gasteiger partial charge in [-0.2, -0.15) is 0 Å². The fourth-order valence-electron chi connectivity index (χ4n) is 1.80. The van der Waals surface area contributed by atoms with Gasteiger partial charge < -0.3 is 15.5 Å². The smallest absolute Gasteiger partial charge is 0.120 e. The summed E-state index contributed by atoms with van der Waals surface area (Å²) < 4.78 is 0. The van der Waals surface area contributed by atoms with Crippen LogP contribution < -0.4 is 5.32 Å². The number of phenols is 2. The molecule has 0 bridgehead atoms. The maximum Gasteiger partial charge on any atom is 0.120 e. The fraction of sp³-hybridized carbons (Fsp3) is 0.200. The third-order valence-electron chi connectivity index (χ3n) is 2.98. The molecule has 94 valence electrons. The monoisotopic (exact) mass is 243 g/mol. The highest BCUT2D eigenvalue weighted by Gasteiger charge is 2.06. The zero-order valence-corrected chi connectivity index (χ0v) is 10.3. The van der Waals surface area contributed by atoms with Gasteiger partial charge >= 0.3 is 0 Å². The lowest BCUT2D eigenvalue weighted by Crippen LogP contribution is -2.17. The van der Waals surface area contributed by atoms with Gasteiger partial charge in [0.25, 0.3) is 0 Å². The quantitative estimate of drug-likeness (QED) is 0.773. The van der Waals surface area contributed by atoms with Gasteiger partial charge in [0.1, 0.15) is 11.5 Å². The van der Waals surface area contributed by atoms with E-state index in [1.165, 1.54) is 0 Å². The first kappa shape index (κ1) is 12.5. The van der Waals surface area contributed by atoms with Crippen molar-refractivity contribution in [3.8, 4) is 11.5 Å². The number of hydrogen-bond acceptors (Lipinski definition) is 3. The second kappa shape index (κ2) is 5.56. The van der Waals surface area contributed by atoms with Gasteiger partial charge in [0.2, 0.25) is 0 Å². The number of rotatable bonds is 4. The normalized spacial score (nSPS) is 12.3. The fourth-order valence-corrected chi connectivity index (χ4v) is 1.80. The molecule has 2 aromatic rings. The van der Waals surface area contributed by atoms with E-state index in [2.05, 4.69) is 5.32 Å². The summed E-state index contributed by atoms with van der Waals surface area (Å²) in [4.78, 5) is 0. The van der Waals surface area contributed by atoms with E-state index in [1.54, 1.807) is 18.2 Å².